The molecule has 1 atom stereocenters. The van der Waals surface area contributed by atoms with Gasteiger partial charge < -0.3 is 20.1 Å². The van der Waals surface area contributed by atoms with Gasteiger partial charge in [0, 0.05) is 11.4 Å². The number of methoxy groups -OCH3 is 1. The number of aromatic nitrogens is 3. The van der Waals surface area contributed by atoms with Crippen molar-refractivity contribution >= 4 is 29.3 Å². The second-order valence-electron chi connectivity index (χ2n) is 10.1. The Hall–Kier alpha value is -4.24. The lowest BCUT2D eigenvalue weighted by Crippen LogP contribution is -2.31. The minimum atomic E-state index is -0.492. The number of carbonyl (C=O) groups is 1. The third-order valence-electron chi connectivity index (χ3n) is 7.11. The van der Waals surface area contributed by atoms with E-state index in [2.05, 4.69) is 29.7 Å². The van der Waals surface area contributed by atoms with Crippen LogP contribution in [-0.4, -0.2) is 34.4 Å². The monoisotopic (exact) mass is 583 g/mol. The molecule has 0 saturated carbocycles. The summed E-state index contributed by atoms with van der Waals surface area (Å²) in [6, 6.07) is 25.0. The summed E-state index contributed by atoms with van der Waals surface area (Å²) in [5.41, 5.74) is 3.95. The zero-order chi connectivity index (χ0) is 29.3. The van der Waals surface area contributed by atoms with Crippen molar-refractivity contribution in [3.8, 4) is 11.5 Å². The van der Waals surface area contributed by atoms with Crippen molar-refractivity contribution in [3.05, 3.63) is 101 Å². The standard InChI is InChI=1S/C33H37N5O3S/c1-4-5-6-12-21-41-26-19-17-25(18-20-26)30-29(31(39)35-27-15-10-11-16-28(27)40-3)23(2)34-32-36-33(37-38(30)32)42-22-24-13-8-7-9-14-24/h7-11,13-20,30H,4-6,12,21-22H2,1-3H3,(H,35,39)(H,34,36,37). The number of allylic oxidation sites excluding steroid dienone is 1. The minimum absolute atomic E-state index is 0.245. The number of thioether (sulfide) groups is 1. The van der Waals surface area contributed by atoms with Gasteiger partial charge in [0.25, 0.3) is 5.91 Å². The van der Waals surface area contributed by atoms with Crippen molar-refractivity contribution in [1.82, 2.24) is 14.8 Å². The van der Waals surface area contributed by atoms with Gasteiger partial charge in [-0.1, -0.05) is 92.5 Å². The quantitative estimate of drug-likeness (QED) is 0.125. The van der Waals surface area contributed by atoms with Crippen molar-refractivity contribution in [2.45, 2.75) is 56.5 Å². The molecule has 2 heterocycles. The highest BCUT2D eigenvalue weighted by molar-refractivity contribution is 7.98. The molecule has 0 saturated heterocycles. The summed E-state index contributed by atoms with van der Waals surface area (Å²) in [5.74, 6) is 2.49. The molecule has 4 aromatic rings. The third kappa shape index (κ3) is 6.97. The Balaban J connectivity index is 1.43. The van der Waals surface area contributed by atoms with E-state index in [-0.39, 0.29) is 5.91 Å². The van der Waals surface area contributed by atoms with E-state index >= 15 is 0 Å². The fraction of sp³-hybridized carbons (Fsp3) is 0.303. The summed E-state index contributed by atoms with van der Waals surface area (Å²) >= 11 is 1.56. The maximum atomic E-state index is 13.9. The van der Waals surface area contributed by atoms with Crippen LogP contribution >= 0.6 is 11.8 Å². The van der Waals surface area contributed by atoms with Gasteiger partial charge in [-0.15, -0.1) is 5.10 Å². The van der Waals surface area contributed by atoms with Gasteiger partial charge in [0.1, 0.15) is 17.5 Å². The highest BCUT2D eigenvalue weighted by Gasteiger charge is 2.34. The van der Waals surface area contributed by atoms with Gasteiger partial charge in [0.2, 0.25) is 11.1 Å². The molecule has 8 nitrogen and oxygen atoms in total. The van der Waals surface area contributed by atoms with Crippen molar-refractivity contribution in [2.24, 2.45) is 0 Å². The number of ether oxygens (including phenoxy) is 2. The first kappa shape index (κ1) is 29.3. The molecule has 42 heavy (non-hydrogen) atoms. The molecule has 0 fully saturated rings. The Morgan fingerprint density at radius 1 is 1.00 bits per heavy atom. The molecule has 1 aromatic heterocycles. The average Bonchev–Trinajstić information content (AvgIpc) is 3.42. The van der Waals surface area contributed by atoms with Crippen LogP contribution in [0.15, 0.2) is 95.3 Å². The first-order valence-electron chi connectivity index (χ1n) is 14.4. The molecule has 2 N–H and O–H groups in total. The number of unbranched alkanes of at least 4 members (excludes halogenated alkanes) is 3. The maximum absolute atomic E-state index is 13.9. The largest absolute Gasteiger partial charge is 0.495 e. The van der Waals surface area contributed by atoms with Crippen molar-refractivity contribution < 1.29 is 14.3 Å². The molecule has 1 unspecified atom stereocenters. The molecule has 5 rings (SSSR count). The molecule has 9 heteroatoms. The van der Waals surface area contributed by atoms with Gasteiger partial charge in [0.05, 0.1) is 25.0 Å². The molecule has 1 aliphatic rings. The normalized spacial score (nSPS) is 14.2. The summed E-state index contributed by atoms with van der Waals surface area (Å²) in [6.07, 6.45) is 4.61. The molecule has 3 aromatic carbocycles. The Labute approximate surface area is 251 Å². The number of carbonyl (C=O) groups excluding carboxylic acids is 1. The predicted molar refractivity (Wildman–Crippen MR) is 168 cm³/mol. The van der Waals surface area contributed by atoms with Crippen LogP contribution in [0.5, 0.6) is 11.5 Å². The predicted octanol–water partition coefficient (Wildman–Crippen LogP) is 7.47. The fourth-order valence-corrected chi connectivity index (χ4v) is 5.70. The van der Waals surface area contributed by atoms with E-state index in [4.69, 9.17) is 19.6 Å². The lowest BCUT2D eigenvalue weighted by molar-refractivity contribution is -0.113. The lowest BCUT2D eigenvalue weighted by atomic mass is 9.95. The van der Waals surface area contributed by atoms with Crippen molar-refractivity contribution in [2.75, 3.05) is 24.4 Å². The summed E-state index contributed by atoms with van der Waals surface area (Å²) < 4.78 is 13.3. The highest BCUT2D eigenvalue weighted by atomic mass is 32.2. The summed E-state index contributed by atoms with van der Waals surface area (Å²) in [7, 11) is 1.59. The van der Waals surface area contributed by atoms with Gasteiger partial charge >= 0.3 is 0 Å². The number of benzene rings is 3. The molecule has 0 radical (unpaired) electrons. The number of hydrogen-bond acceptors (Lipinski definition) is 7. The number of hydrogen-bond donors (Lipinski definition) is 2. The van der Waals surface area contributed by atoms with Gasteiger partial charge in [-0.3, -0.25) is 4.79 Å². The number of para-hydroxylation sites is 2. The van der Waals surface area contributed by atoms with E-state index in [9.17, 15) is 4.79 Å². The number of fused-ring (bicyclic) bond motifs is 1. The topological polar surface area (TPSA) is 90.3 Å². The van der Waals surface area contributed by atoms with Crippen LogP contribution in [0, 0.1) is 0 Å². The molecule has 0 spiro atoms. The number of amides is 1. The van der Waals surface area contributed by atoms with Crippen LogP contribution in [0.2, 0.25) is 0 Å². The Kier molecular flexibility index (Phi) is 9.82. The average molecular weight is 584 g/mol. The van der Waals surface area contributed by atoms with E-state index in [0.717, 1.165) is 29.9 Å². The zero-order valence-corrected chi connectivity index (χ0v) is 25.1. The molecule has 1 aliphatic heterocycles. The van der Waals surface area contributed by atoms with Crippen LogP contribution < -0.4 is 20.1 Å². The molecular weight excluding hydrogens is 546 g/mol. The van der Waals surface area contributed by atoms with E-state index in [1.54, 1.807) is 23.6 Å². The van der Waals surface area contributed by atoms with Gasteiger partial charge in [0.15, 0.2) is 0 Å². The maximum Gasteiger partial charge on any atom is 0.255 e. The summed E-state index contributed by atoms with van der Waals surface area (Å²) in [6.45, 7) is 4.78. The lowest BCUT2D eigenvalue weighted by Gasteiger charge is -2.29. The van der Waals surface area contributed by atoms with Gasteiger partial charge in [-0.25, -0.2) is 4.68 Å². The van der Waals surface area contributed by atoms with E-state index in [1.165, 1.54) is 18.4 Å². The second kappa shape index (κ2) is 14.1. The van der Waals surface area contributed by atoms with Crippen LogP contribution in [0.4, 0.5) is 11.6 Å². The Bertz CT molecular complexity index is 1520. The number of anilines is 2. The second-order valence-corrected chi connectivity index (χ2v) is 11.1. The van der Waals surface area contributed by atoms with E-state index < -0.39 is 6.04 Å². The van der Waals surface area contributed by atoms with Crippen LogP contribution in [0.1, 0.15) is 56.7 Å². The number of rotatable bonds is 13. The highest BCUT2D eigenvalue weighted by Crippen LogP contribution is 2.38. The smallest absolute Gasteiger partial charge is 0.255 e. The van der Waals surface area contributed by atoms with E-state index in [0.29, 0.717) is 40.4 Å². The molecule has 1 amide bonds. The SMILES string of the molecule is CCCCCCOc1ccc(C2C(C(=O)Nc3ccccc3OC)=C(C)Nc3nc(SCc4ccccc4)nn32)cc1. The molecule has 0 bridgehead atoms. The number of nitrogens with zero attached hydrogens (tertiary/aromatic N) is 3. The minimum Gasteiger partial charge on any atom is -0.495 e. The first-order chi connectivity index (χ1) is 20.6. The van der Waals surface area contributed by atoms with Crippen LogP contribution in [0.3, 0.4) is 0 Å². The van der Waals surface area contributed by atoms with Gasteiger partial charge in [-0.05, 0) is 48.7 Å². The molecular formula is C33H37N5O3S. The fourth-order valence-electron chi connectivity index (χ4n) is 4.92. The Morgan fingerprint density at radius 3 is 2.52 bits per heavy atom. The summed E-state index contributed by atoms with van der Waals surface area (Å²) in [4.78, 5) is 18.7. The number of nitrogens with one attached hydrogen (secondary N) is 2. The zero-order valence-electron chi connectivity index (χ0n) is 24.3. The van der Waals surface area contributed by atoms with Crippen molar-refractivity contribution in [1.29, 1.82) is 0 Å². The molecule has 0 aliphatic carbocycles. The van der Waals surface area contributed by atoms with Gasteiger partial charge in [-0.2, -0.15) is 4.98 Å². The van der Waals surface area contributed by atoms with Crippen molar-refractivity contribution in [3.63, 3.8) is 0 Å². The first-order valence-corrected chi connectivity index (χ1v) is 15.3. The molecule has 218 valence electrons. The van der Waals surface area contributed by atoms with Crippen LogP contribution in [0.25, 0.3) is 0 Å². The van der Waals surface area contributed by atoms with Crippen LogP contribution in [-0.2, 0) is 10.5 Å². The third-order valence-corrected chi connectivity index (χ3v) is 8.01. The van der Waals surface area contributed by atoms with E-state index in [1.807, 2.05) is 73.7 Å². The summed E-state index contributed by atoms with van der Waals surface area (Å²) in [5, 5.41) is 11.9. The Morgan fingerprint density at radius 2 is 1.76 bits per heavy atom.